The Labute approximate surface area is 172 Å². The molecule has 0 spiro atoms. The Morgan fingerprint density at radius 3 is 1.72 bits per heavy atom. The molecule has 0 radical (unpaired) electrons. The van der Waals surface area contributed by atoms with Crippen LogP contribution >= 0.6 is 0 Å². The molecule has 0 aromatic rings. The smallest absolute Gasteiger partial charge is 0.420 e. The predicted octanol–water partition coefficient (Wildman–Crippen LogP) is 3.73. The van der Waals surface area contributed by atoms with Crippen LogP contribution in [0.3, 0.4) is 0 Å². The Hall–Kier alpha value is -2.45. The summed E-state index contributed by atoms with van der Waals surface area (Å²) in [7, 11) is 0. The highest BCUT2D eigenvalue weighted by Crippen LogP contribution is 2.20. The summed E-state index contributed by atoms with van der Waals surface area (Å²) < 4.78 is 15.8. The Balaban J connectivity index is 5.95. The molecular formula is C20H34N2O7. The first-order chi connectivity index (χ1) is 13.1. The number of rotatable bonds is 8. The molecule has 9 nitrogen and oxygen atoms in total. The van der Waals surface area contributed by atoms with E-state index in [9.17, 15) is 19.2 Å². The number of ether oxygens (including phenoxy) is 3. The highest BCUT2D eigenvalue weighted by Gasteiger charge is 2.41. The molecule has 0 aliphatic rings. The zero-order valence-electron chi connectivity index (χ0n) is 18.7. The number of carbonyl (C=O) groups is 4. The minimum atomic E-state index is -1.43. The molecule has 0 saturated heterocycles. The van der Waals surface area contributed by atoms with Crippen LogP contribution in [0.2, 0.25) is 0 Å². The Kier molecular flexibility index (Phi) is 10.00. The van der Waals surface area contributed by atoms with Gasteiger partial charge in [0.15, 0.2) is 5.78 Å². The van der Waals surface area contributed by atoms with Gasteiger partial charge in [-0.1, -0.05) is 13.8 Å². The van der Waals surface area contributed by atoms with Crippen LogP contribution in [0.1, 0.15) is 68.2 Å². The second-order valence-electron chi connectivity index (χ2n) is 9.02. The number of amides is 2. The van der Waals surface area contributed by atoms with Crippen molar-refractivity contribution in [2.75, 3.05) is 6.61 Å². The number of nitrogens with zero attached hydrogens (tertiary/aromatic N) is 1. The van der Waals surface area contributed by atoms with Crippen molar-refractivity contribution in [1.82, 2.24) is 4.90 Å². The number of carbonyl (C=O) groups excluding carboxylic acids is 4. The highest BCUT2D eigenvalue weighted by atomic mass is 16.6. The minimum Gasteiger partial charge on any atom is -0.464 e. The van der Waals surface area contributed by atoms with Crippen molar-refractivity contribution in [2.24, 2.45) is 5.92 Å². The van der Waals surface area contributed by atoms with Crippen LogP contribution in [0.15, 0.2) is 0 Å². The zero-order valence-corrected chi connectivity index (χ0v) is 18.7. The van der Waals surface area contributed by atoms with Gasteiger partial charge in [0.1, 0.15) is 17.2 Å². The van der Waals surface area contributed by atoms with Gasteiger partial charge in [0.2, 0.25) is 0 Å². The zero-order chi connectivity index (χ0) is 23.0. The molecule has 0 aromatic carbocycles. The summed E-state index contributed by atoms with van der Waals surface area (Å²) in [6.07, 6.45) is -2.00. The van der Waals surface area contributed by atoms with Crippen LogP contribution in [0.4, 0.5) is 9.59 Å². The van der Waals surface area contributed by atoms with Crippen molar-refractivity contribution in [1.29, 1.82) is 5.41 Å². The Bertz CT molecular complexity index is 587. The fraction of sp³-hybridized carbons (Fsp3) is 0.750. The topological polar surface area (TPSA) is 123 Å². The van der Waals surface area contributed by atoms with E-state index in [1.54, 1.807) is 41.5 Å². The van der Waals surface area contributed by atoms with Gasteiger partial charge in [-0.25, -0.2) is 14.4 Å². The van der Waals surface area contributed by atoms with Crippen LogP contribution in [-0.4, -0.2) is 58.9 Å². The molecule has 29 heavy (non-hydrogen) atoms. The van der Waals surface area contributed by atoms with Crippen molar-refractivity contribution >= 4 is 30.2 Å². The van der Waals surface area contributed by atoms with E-state index in [0.29, 0.717) is 11.1 Å². The second kappa shape index (κ2) is 10.9. The van der Waals surface area contributed by atoms with E-state index in [4.69, 9.17) is 19.6 Å². The largest absolute Gasteiger partial charge is 0.464 e. The van der Waals surface area contributed by atoms with Gasteiger partial charge in [-0.15, -0.1) is 0 Å². The quantitative estimate of drug-likeness (QED) is 0.365. The van der Waals surface area contributed by atoms with Crippen LogP contribution in [0.25, 0.3) is 0 Å². The van der Waals surface area contributed by atoms with Crippen molar-refractivity contribution in [2.45, 2.75) is 85.5 Å². The third-order valence-electron chi connectivity index (χ3n) is 3.15. The van der Waals surface area contributed by atoms with Crippen LogP contribution in [0.5, 0.6) is 0 Å². The maximum atomic E-state index is 12.7. The van der Waals surface area contributed by atoms with Gasteiger partial charge >= 0.3 is 18.2 Å². The molecule has 0 aliphatic heterocycles. The molecule has 1 N–H and O–H groups in total. The first-order valence-corrected chi connectivity index (χ1v) is 9.52. The predicted molar refractivity (Wildman–Crippen MR) is 107 cm³/mol. The molecule has 1 atom stereocenters. The lowest BCUT2D eigenvalue weighted by molar-refractivity contribution is -0.151. The van der Waals surface area contributed by atoms with E-state index in [1.165, 1.54) is 0 Å². The van der Waals surface area contributed by atoms with Gasteiger partial charge in [0.25, 0.3) is 0 Å². The molecule has 0 rings (SSSR count). The van der Waals surface area contributed by atoms with Crippen LogP contribution < -0.4 is 0 Å². The van der Waals surface area contributed by atoms with Gasteiger partial charge in [0, 0.05) is 6.42 Å². The average Bonchev–Trinajstić information content (AvgIpc) is 2.52. The van der Waals surface area contributed by atoms with Crippen LogP contribution in [-0.2, 0) is 23.8 Å². The fourth-order valence-electron chi connectivity index (χ4n) is 2.00. The molecule has 0 bridgehead atoms. The van der Waals surface area contributed by atoms with E-state index < -0.39 is 41.2 Å². The molecule has 166 valence electrons. The molecule has 0 aromatic heterocycles. The minimum absolute atomic E-state index is 0.0271. The number of hydrogen-bond acceptors (Lipinski definition) is 8. The van der Waals surface area contributed by atoms with E-state index in [1.807, 2.05) is 13.8 Å². The molecule has 9 heteroatoms. The van der Waals surface area contributed by atoms with Gasteiger partial charge in [-0.3, -0.25) is 4.79 Å². The molecular weight excluding hydrogens is 380 g/mol. The van der Waals surface area contributed by atoms with Crippen molar-refractivity contribution in [3.63, 3.8) is 0 Å². The van der Waals surface area contributed by atoms with E-state index >= 15 is 0 Å². The summed E-state index contributed by atoms with van der Waals surface area (Å²) in [5, 5.41) is 7.02. The lowest BCUT2D eigenvalue weighted by Crippen LogP contribution is -2.52. The molecule has 0 saturated carbocycles. The summed E-state index contributed by atoms with van der Waals surface area (Å²) in [4.78, 5) is 50.3. The molecule has 0 heterocycles. The first-order valence-electron chi connectivity index (χ1n) is 9.52. The molecule has 0 aliphatic carbocycles. The maximum absolute atomic E-state index is 12.7. The number of hydrogen-bond donors (Lipinski definition) is 1. The monoisotopic (exact) mass is 414 g/mol. The second-order valence-corrected chi connectivity index (χ2v) is 9.02. The number of ketones is 1. The maximum Gasteiger partial charge on any atom is 0.420 e. The van der Waals surface area contributed by atoms with E-state index in [2.05, 4.69) is 0 Å². The lowest BCUT2D eigenvalue weighted by atomic mass is 10.1. The number of esters is 1. The summed E-state index contributed by atoms with van der Waals surface area (Å²) in [5.41, 5.74) is -1.87. The molecule has 0 fully saturated rings. The first kappa shape index (κ1) is 26.6. The normalized spacial score (nSPS) is 12.7. The molecule has 0 unspecified atom stereocenters. The summed E-state index contributed by atoms with van der Waals surface area (Å²) >= 11 is 0. The Morgan fingerprint density at radius 2 is 1.38 bits per heavy atom. The van der Waals surface area contributed by atoms with Gasteiger partial charge < -0.3 is 19.6 Å². The summed E-state index contributed by atoms with van der Waals surface area (Å²) in [5.74, 6) is -1.38. The van der Waals surface area contributed by atoms with Crippen LogP contribution in [0, 0.1) is 11.3 Å². The average molecular weight is 414 g/mol. The SMILES string of the molecule is CC(C)COC(=O)[C@H](CCC(=O)C=N)N(C(=O)OC(C)(C)C)C(=O)OC(C)(C)C. The highest BCUT2D eigenvalue weighted by molar-refractivity contribution is 6.26. The third-order valence-corrected chi connectivity index (χ3v) is 3.15. The van der Waals surface area contributed by atoms with Crippen molar-refractivity contribution in [3.8, 4) is 0 Å². The van der Waals surface area contributed by atoms with Gasteiger partial charge in [-0.05, 0) is 53.9 Å². The Morgan fingerprint density at radius 1 is 0.931 bits per heavy atom. The number of imide groups is 1. The third kappa shape index (κ3) is 11.2. The number of nitrogens with one attached hydrogen (secondary N) is 1. The summed E-state index contributed by atoms with van der Waals surface area (Å²) in [6.45, 7) is 13.4. The fourth-order valence-corrected chi connectivity index (χ4v) is 2.00. The van der Waals surface area contributed by atoms with E-state index in [-0.39, 0.29) is 25.4 Å². The number of Topliss-reactive ketones (excluding diaryl/α,β-unsaturated/α-hetero) is 1. The van der Waals surface area contributed by atoms with Gasteiger partial charge in [-0.2, -0.15) is 4.90 Å². The standard InChI is InChI=1S/C20H34N2O7/c1-13(2)12-27-16(24)15(10-9-14(23)11-21)22(17(25)28-19(3,4)5)18(26)29-20(6,7)8/h11,13,15,21H,9-10,12H2,1-8H3/t15-/m0/s1. The van der Waals surface area contributed by atoms with E-state index in [0.717, 1.165) is 0 Å². The molecule has 2 amide bonds. The van der Waals surface area contributed by atoms with Crippen molar-refractivity contribution in [3.05, 3.63) is 0 Å². The lowest BCUT2D eigenvalue weighted by Gasteiger charge is -2.32. The van der Waals surface area contributed by atoms with Crippen molar-refractivity contribution < 1.29 is 33.4 Å². The summed E-state index contributed by atoms with van der Waals surface area (Å²) in [6, 6.07) is -1.43. The van der Waals surface area contributed by atoms with Gasteiger partial charge in [0.05, 0.1) is 12.8 Å².